The normalized spacial score (nSPS) is 11.7. The van der Waals surface area contributed by atoms with Gasteiger partial charge in [-0.25, -0.2) is 8.42 Å². The van der Waals surface area contributed by atoms with Crippen molar-refractivity contribution in [1.82, 2.24) is 9.78 Å². The van der Waals surface area contributed by atoms with Crippen LogP contribution < -0.4 is 4.72 Å². The molecule has 0 aliphatic heterocycles. The predicted molar refractivity (Wildman–Crippen MR) is 65.0 cm³/mol. The molecule has 0 saturated heterocycles. The molecular formula is C10H19N3O2S. The highest BCUT2D eigenvalue weighted by molar-refractivity contribution is 7.92. The molecule has 0 atom stereocenters. The first-order valence-electron chi connectivity index (χ1n) is 5.53. The van der Waals surface area contributed by atoms with Crippen LogP contribution in [0.3, 0.4) is 0 Å². The highest BCUT2D eigenvalue weighted by Crippen LogP contribution is 2.14. The first-order chi connectivity index (χ1) is 7.48. The Bertz CT molecular complexity index is 437. The maximum Gasteiger partial charge on any atom is 0.232 e. The van der Waals surface area contributed by atoms with E-state index in [0.717, 1.165) is 13.0 Å². The lowest BCUT2D eigenvalue weighted by atomic mass is 10.4. The molecular weight excluding hydrogens is 226 g/mol. The van der Waals surface area contributed by atoms with Gasteiger partial charge in [0.2, 0.25) is 10.0 Å². The Morgan fingerprint density at radius 1 is 1.44 bits per heavy atom. The van der Waals surface area contributed by atoms with Gasteiger partial charge < -0.3 is 0 Å². The maximum absolute atomic E-state index is 11.7. The van der Waals surface area contributed by atoms with Gasteiger partial charge in [0.05, 0.1) is 17.1 Å². The second kappa shape index (κ2) is 5.34. The number of nitrogens with one attached hydrogen (secondary N) is 1. The molecule has 1 aromatic heterocycles. The zero-order valence-electron chi connectivity index (χ0n) is 10.0. The molecule has 0 fully saturated rings. The summed E-state index contributed by atoms with van der Waals surface area (Å²) in [5.41, 5.74) is 1.29. The summed E-state index contributed by atoms with van der Waals surface area (Å²) in [6.45, 7) is 6.46. The lowest BCUT2D eigenvalue weighted by Gasteiger charge is -2.05. The molecule has 5 nitrogen and oxygen atoms in total. The molecule has 0 bridgehead atoms. The average Bonchev–Trinajstić information content (AvgIpc) is 2.56. The van der Waals surface area contributed by atoms with Crippen molar-refractivity contribution in [1.29, 1.82) is 0 Å². The van der Waals surface area contributed by atoms with E-state index in [4.69, 9.17) is 0 Å². The van der Waals surface area contributed by atoms with Gasteiger partial charge in [-0.3, -0.25) is 9.40 Å². The monoisotopic (exact) mass is 245 g/mol. The predicted octanol–water partition coefficient (Wildman–Crippen LogP) is 1.75. The number of unbranched alkanes of at least 4 members (excludes halogenated alkanes) is 1. The van der Waals surface area contributed by atoms with Gasteiger partial charge in [0.1, 0.15) is 0 Å². The Morgan fingerprint density at radius 2 is 2.12 bits per heavy atom. The van der Waals surface area contributed by atoms with Crippen molar-refractivity contribution in [2.24, 2.45) is 0 Å². The first kappa shape index (κ1) is 13.0. The third-order valence-corrected chi connectivity index (χ3v) is 3.66. The molecule has 1 rings (SSSR count). The van der Waals surface area contributed by atoms with Crippen LogP contribution in [0, 0.1) is 6.92 Å². The number of nitrogens with zero attached hydrogens (tertiary/aromatic N) is 2. The number of anilines is 1. The minimum Gasteiger partial charge on any atom is -0.280 e. The molecule has 1 heterocycles. The summed E-state index contributed by atoms with van der Waals surface area (Å²) >= 11 is 0. The Labute approximate surface area is 96.9 Å². The minimum absolute atomic E-state index is 0.167. The number of rotatable bonds is 6. The number of hydrogen-bond donors (Lipinski definition) is 1. The first-order valence-corrected chi connectivity index (χ1v) is 7.18. The Balaban J connectivity index is 2.75. The molecule has 0 unspecified atom stereocenters. The molecule has 0 spiro atoms. The highest BCUT2D eigenvalue weighted by Gasteiger charge is 2.13. The molecule has 0 aliphatic rings. The van der Waals surface area contributed by atoms with Crippen molar-refractivity contribution >= 4 is 15.7 Å². The van der Waals surface area contributed by atoms with Gasteiger partial charge in [-0.05, 0) is 20.3 Å². The molecule has 92 valence electrons. The van der Waals surface area contributed by atoms with Crippen molar-refractivity contribution in [3.63, 3.8) is 0 Å². The summed E-state index contributed by atoms with van der Waals surface area (Å²) < 4.78 is 27.6. The number of hydrogen-bond acceptors (Lipinski definition) is 3. The SMILES string of the molecule is CCCCS(=O)(=O)Nc1cn(CC)nc1C. The van der Waals surface area contributed by atoms with E-state index in [9.17, 15) is 8.42 Å². The van der Waals surface area contributed by atoms with Crippen LogP contribution in [0.1, 0.15) is 32.4 Å². The van der Waals surface area contributed by atoms with E-state index in [-0.39, 0.29) is 5.75 Å². The van der Waals surface area contributed by atoms with Gasteiger partial charge in [0, 0.05) is 12.7 Å². The van der Waals surface area contributed by atoms with E-state index in [1.807, 2.05) is 13.8 Å². The molecule has 1 aromatic rings. The summed E-state index contributed by atoms with van der Waals surface area (Å²) in [7, 11) is -3.22. The van der Waals surface area contributed by atoms with Crippen LogP contribution in [0.25, 0.3) is 0 Å². The van der Waals surface area contributed by atoms with Gasteiger partial charge >= 0.3 is 0 Å². The van der Waals surface area contributed by atoms with Gasteiger partial charge in [0.25, 0.3) is 0 Å². The fourth-order valence-electron chi connectivity index (χ4n) is 1.33. The smallest absolute Gasteiger partial charge is 0.232 e. The van der Waals surface area contributed by atoms with Crippen molar-refractivity contribution in [3.05, 3.63) is 11.9 Å². The zero-order chi connectivity index (χ0) is 12.2. The largest absolute Gasteiger partial charge is 0.280 e. The third-order valence-electron chi connectivity index (χ3n) is 2.30. The van der Waals surface area contributed by atoms with Crippen LogP contribution in [-0.4, -0.2) is 24.0 Å². The van der Waals surface area contributed by atoms with Crippen LogP contribution in [0.5, 0.6) is 0 Å². The summed E-state index contributed by atoms with van der Waals surface area (Å²) in [4.78, 5) is 0. The molecule has 0 radical (unpaired) electrons. The van der Waals surface area contributed by atoms with Crippen LogP contribution in [0.15, 0.2) is 6.20 Å². The maximum atomic E-state index is 11.7. The molecule has 0 aliphatic carbocycles. The molecule has 0 saturated carbocycles. The van der Waals surface area contributed by atoms with Gasteiger partial charge in [-0.15, -0.1) is 0 Å². The Morgan fingerprint density at radius 3 is 2.62 bits per heavy atom. The lowest BCUT2D eigenvalue weighted by Crippen LogP contribution is -2.16. The molecule has 1 N–H and O–H groups in total. The molecule has 0 amide bonds. The van der Waals surface area contributed by atoms with Crippen molar-refractivity contribution in [3.8, 4) is 0 Å². The summed E-state index contributed by atoms with van der Waals surface area (Å²) in [5.74, 6) is 0.167. The van der Waals surface area contributed by atoms with Gasteiger partial charge in [0.15, 0.2) is 0 Å². The molecule has 6 heteroatoms. The summed E-state index contributed by atoms with van der Waals surface area (Å²) in [5, 5.41) is 4.18. The average molecular weight is 245 g/mol. The van der Waals surface area contributed by atoms with E-state index in [0.29, 0.717) is 17.8 Å². The quantitative estimate of drug-likeness (QED) is 0.830. The second-order valence-corrected chi connectivity index (χ2v) is 5.60. The van der Waals surface area contributed by atoms with Crippen molar-refractivity contribution < 1.29 is 8.42 Å². The minimum atomic E-state index is -3.22. The topological polar surface area (TPSA) is 64.0 Å². The van der Waals surface area contributed by atoms with Crippen molar-refractivity contribution in [2.45, 2.75) is 40.2 Å². The van der Waals surface area contributed by atoms with Gasteiger partial charge in [-0.1, -0.05) is 13.3 Å². The number of aromatic nitrogens is 2. The second-order valence-electron chi connectivity index (χ2n) is 3.76. The molecule has 0 aromatic carbocycles. The fourth-order valence-corrected chi connectivity index (χ4v) is 2.64. The zero-order valence-corrected chi connectivity index (χ0v) is 10.8. The van der Waals surface area contributed by atoms with Gasteiger partial charge in [-0.2, -0.15) is 5.10 Å². The van der Waals surface area contributed by atoms with E-state index in [2.05, 4.69) is 9.82 Å². The van der Waals surface area contributed by atoms with E-state index in [1.165, 1.54) is 0 Å². The summed E-state index contributed by atoms with van der Waals surface area (Å²) in [6.07, 6.45) is 3.27. The van der Waals surface area contributed by atoms with E-state index < -0.39 is 10.0 Å². The highest BCUT2D eigenvalue weighted by atomic mass is 32.2. The van der Waals surface area contributed by atoms with Crippen molar-refractivity contribution in [2.75, 3.05) is 10.5 Å². The van der Waals surface area contributed by atoms with Crippen LogP contribution in [0.2, 0.25) is 0 Å². The fraction of sp³-hybridized carbons (Fsp3) is 0.700. The van der Waals surface area contributed by atoms with Crippen LogP contribution in [-0.2, 0) is 16.6 Å². The standard InChI is InChI=1S/C10H19N3O2S/c1-4-6-7-16(14,15)12-10-8-13(5-2)11-9(10)3/h8,12H,4-7H2,1-3H3. The van der Waals surface area contributed by atoms with Crippen LogP contribution >= 0.6 is 0 Å². The number of aryl methyl sites for hydroxylation is 2. The summed E-state index contributed by atoms with van der Waals surface area (Å²) in [6, 6.07) is 0. The number of sulfonamides is 1. The molecule has 16 heavy (non-hydrogen) atoms. The third kappa shape index (κ3) is 3.52. The lowest BCUT2D eigenvalue weighted by molar-refractivity contribution is 0.598. The Hall–Kier alpha value is -1.04. The Kier molecular flexibility index (Phi) is 4.35. The van der Waals surface area contributed by atoms with E-state index >= 15 is 0 Å². The van der Waals surface area contributed by atoms with E-state index in [1.54, 1.807) is 17.8 Å². The van der Waals surface area contributed by atoms with Crippen LogP contribution in [0.4, 0.5) is 5.69 Å².